The molecule has 3 rings (SSSR count). The van der Waals surface area contributed by atoms with E-state index in [2.05, 4.69) is 43.4 Å². The van der Waals surface area contributed by atoms with Crippen molar-refractivity contribution in [2.75, 3.05) is 33.4 Å². The lowest BCUT2D eigenvalue weighted by atomic mass is 10.1. The smallest absolute Gasteiger partial charge is 0.191 e. The maximum Gasteiger partial charge on any atom is 0.191 e. The summed E-state index contributed by atoms with van der Waals surface area (Å²) in [5, 5.41) is 6.75. The van der Waals surface area contributed by atoms with Crippen LogP contribution in [0.4, 0.5) is 0 Å². The van der Waals surface area contributed by atoms with Gasteiger partial charge in [-0.1, -0.05) is 12.1 Å². The predicted molar refractivity (Wildman–Crippen MR) is 108 cm³/mol. The van der Waals surface area contributed by atoms with Crippen LogP contribution < -0.4 is 10.6 Å². The number of aryl methyl sites for hydroxylation is 1. The summed E-state index contributed by atoms with van der Waals surface area (Å²) in [6, 6.07) is 8.24. The number of hydrogen-bond acceptors (Lipinski definition) is 3. The molecule has 1 aliphatic heterocycles. The molecule has 1 aromatic carbocycles. The van der Waals surface area contributed by atoms with Crippen molar-refractivity contribution in [3.8, 4) is 0 Å². The van der Waals surface area contributed by atoms with E-state index in [4.69, 9.17) is 4.74 Å². The largest absolute Gasteiger partial charge is 0.381 e. The Morgan fingerprint density at radius 1 is 1.38 bits per heavy atom. The highest BCUT2D eigenvalue weighted by Gasteiger charge is 2.15. The number of guanidine groups is 1. The van der Waals surface area contributed by atoms with Gasteiger partial charge in [0.2, 0.25) is 0 Å². The number of hydrogen-bond donors (Lipinski definition) is 2. The van der Waals surface area contributed by atoms with Gasteiger partial charge in [0, 0.05) is 39.2 Å². The van der Waals surface area contributed by atoms with Crippen LogP contribution in [0.3, 0.4) is 0 Å². The molecule has 1 fully saturated rings. The Balaban J connectivity index is 0.00000208. The Morgan fingerprint density at radius 2 is 2.21 bits per heavy atom. The Labute approximate surface area is 160 Å². The standard InChI is InChI=1S/C17H25N5O.HI/c1-13-21-15-5-3-4-6-16(15)22(13)9-8-19-17(18-2)20-11-14-7-10-23-12-14;/h3-6,14H,7-12H2,1-2H3,(H2,18,19,20);1H. The summed E-state index contributed by atoms with van der Waals surface area (Å²) in [5.74, 6) is 2.48. The lowest BCUT2D eigenvalue weighted by Gasteiger charge is -2.15. The number of ether oxygens (including phenoxy) is 1. The molecular formula is C17H26IN5O. The SMILES string of the molecule is CN=C(NCCn1c(C)nc2ccccc21)NCC1CCOC1.I. The first-order valence-electron chi connectivity index (χ1n) is 8.22. The van der Waals surface area contributed by atoms with E-state index >= 15 is 0 Å². The summed E-state index contributed by atoms with van der Waals surface area (Å²) in [6.07, 6.45) is 1.13. The number of fused-ring (bicyclic) bond motifs is 1. The van der Waals surface area contributed by atoms with E-state index in [1.165, 1.54) is 5.52 Å². The molecule has 0 saturated carbocycles. The molecule has 1 atom stereocenters. The molecule has 24 heavy (non-hydrogen) atoms. The highest BCUT2D eigenvalue weighted by Crippen LogP contribution is 2.14. The van der Waals surface area contributed by atoms with E-state index < -0.39 is 0 Å². The van der Waals surface area contributed by atoms with E-state index in [-0.39, 0.29) is 24.0 Å². The number of benzene rings is 1. The Kier molecular flexibility index (Phi) is 7.29. The van der Waals surface area contributed by atoms with Crippen LogP contribution >= 0.6 is 24.0 Å². The number of rotatable bonds is 5. The van der Waals surface area contributed by atoms with Gasteiger partial charge >= 0.3 is 0 Å². The average molecular weight is 443 g/mol. The van der Waals surface area contributed by atoms with Gasteiger partial charge in [-0.2, -0.15) is 0 Å². The molecule has 2 N–H and O–H groups in total. The fourth-order valence-corrected chi connectivity index (χ4v) is 2.97. The normalized spacial score (nSPS) is 17.8. The van der Waals surface area contributed by atoms with Crippen LogP contribution in [0.15, 0.2) is 29.3 Å². The van der Waals surface area contributed by atoms with Gasteiger partial charge in [-0.15, -0.1) is 24.0 Å². The van der Waals surface area contributed by atoms with Crippen LogP contribution in [0.2, 0.25) is 0 Å². The minimum Gasteiger partial charge on any atom is -0.381 e. The second kappa shape index (κ2) is 9.22. The quantitative estimate of drug-likeness (QED) is 0.423. The predicted octanol–water partition coefficient (Wildman–Crippen LogP) is 2.16. The van der Waals surface area contributed by atoms with Crippen molar-refractivity contribution in [2.24, 2.45) is 10.9 Å². The van der Waals surface area contributed by atoms with Gasteiger partial charge in [0.15, 0.2) is 5.96 Å². The number of imidazole rings is 1. The second-order valence-corrected chi connectivity index (χ2v) is 5.91. The van der Waals surface area contributed by atoms with Crippen molar-refractivity contribution in [1.29, 1.82) is 0 Å². The average Bonchev–Trinajstić information content (AvgIpc) is 3.18. The third-order valence-corrected chi connectivity index (χ3v) is 4.28. The lowest BCUT2D eigenvalue weighted by Crippen LogP contribution is -2.41. The van der Waals surface area contributed by atoms with E-state index in [9.17, 15) is 0 Å². The minimum atomic E-state index is 0. The molecule has 1 saturated heterocycles. The van der Waals surface area contributed by atoms with Gasteiger partial charge in [-0.3, -0.25) is 4.99 Å². The first-order valence-corrected chi connectivity index (χ1v) is 8.22. The molecule has 1 unspecified atom stereocenters. The molecular weight excluding hydrogens is 417 g/mol. The zero-order chi connectivity index (χ0) is 16.1. The molecule has 2 heterocycles. The lowest BCUT2D eigenvalue weighted by molar-refractivity contribution is 0.186. The Bertz CT molecular complexity index is 679. The van der Waals surface area contributed by atoms with Crippen LogP contribution in [0.5, 0.6) is 0 Å². The number of aliphatic imine (C=N–C) groups is 1. The molecule has 0 bridgehead atoms. The summed E-state index contributed by atoms with van der Waals surface area (Å²) in [6.45, 7) is 6.36. The molecule has 6 nitrogen and oxygen atoms in total. The topological polar surface area (TPSA) is 63.5 Å². The fraction of sp³-hybridized carbons (Fsp3) is 0.529. The van der Waals surface area contributed by atoms with E-state index in [0.717, 1.165) is 56.6 Å². The van der Waals surface area contributed by atoms with Gasteiger partial charge in [0.1, 0.15) is 5.82 Å². The first-order chi connectivity index (χ1) is 11.3. The highest BCUT2D eigenvalue weighted by atomic mass is 127. The van der Waals surface area contributed by atoms with E-state index in [1.54, 1.807) is 7.05 Å². The minimum absolute atomic E-state index is 0. The van der Waals surface area contributed by atoms with Gasteiger partial charge in [-0.25, -0.2) is 4.98 Å². The van der Waals surface area contributed by atoms with Gasteiger partial charge in [0.25, 0.3) is 0 Å². The van der Waals surface area contributed by atoms with Crippen LogP contribution in [-0.2, 0) is 11.3 Å². The summed E-state index contributed by atoms with van der Waals surface area (Å²) < 4.78 is 7.63. The van der Waals surface area contributed by atoms with Gasteiger partial charge < -0.3 is 19.9 Å². The third kappa shape index (κ3) is 4.60. The zero-order valence-electron chi connectivity index (χ0n) is 14.3. The number of halogens is 1. The first kappa shape index (κ1) is 19.0. The van der Waals surface area contributed by atoms with Crippen molar-refractivity contribution in [2.45, 2.75) is 19.9 Å². The zero-order valence-corrected chi connectivity index (χ0v) is 16.6. The van der Waals surface area contributed by atoms with Crippen LogP contribution in [0.1, 0.15) is 12.2 Å². The molecule has 132 valence electrons. The number of nitrogens with zero attached hydrogens (tertiary/aromatic N) is 3. The molecule has 1 aromatic heterocycles. The Hall–Kier alpha value is -1.35. The summed E-state index contributed by atoms with van der Waals surface area (Å²) in [5.41, 5.74) is 2.23. The second-order valence-electron chi connectivity index (χ2n) is 5.91. The summed E-state index contributed by atoms with van der Waals surface area (Å²) in [7, 11) is 1.80. The van der Waals surface area contributed by atoms with Crippen LogP contribution in [-0.4, -0.2) is 48.9 Å². The molecule has 0 spiro atoms. The van der Waals surface area contributed by atoms with Crippen molar-refractivity contribution in [1.82, 2.24) is 20.2 Å². The number of aromatic nitrogens is 2. The number of para-hydroxylation sites is 2. The summed E-state index contributed by atoms with van der Waals surface area (Å²) >= 11 is 0. The third-order valence-electron chi connectivity index (χ3n) is 4.28. The van der Waals surface area contributed by atoms with Crippen LogP contribution in [0.25, 0.3) is 11.0 Å². The maximum absolute atomic E-state index is 5.40. The molecule has 2 aromatic rings. The fourth-order valence-electron chi connectivity index (χ4n) is 2.97. The summed E-state index contributed by atoms with van der Waals surface area (Å²) in [4.78, 5) is 8.88. The highest BCUT2D eigenvalue weighted by molar-refractivity contribution is 14.0. The molecule has 0 radical (unpaired) electrons. The molecule has 7 heteroatoms. The molecule has 0 amide bonds. The monoisotopic (exact) mass is 443 g/mol. The van der Waals surface area contributed by atoms with Crippen molar-refractivity contribution >= 4 is 41.0 Å². The van der Waals surface area contributed by atoms with Crippen molar-refractivity contribution < 1.29 is 4.74 Å². The maximum atomic E-state index is 5.40. The Morgan fingerprint density at radius 3 is 2.96 bits per heavy atom. The number of nitrogens with one attached hydrogen (secondary N) is 2. The van der Waals surface area contributed by atoms with E-state index in [0.29, 0.717) is 5.92 Å². The van der Waals surface area contributed by atoms with Crippen LogP contribution in [0, 0.1) is 12.8 Å². The van der Waals surface area contributed by atoms with Gasteiger partial charge in [0.05, 0.1) is 17.6 Å². The van der Waals surface area contributed by atoms with Crippen molar-refractivity contribution in [3.63, 3.8) is 0 Å². The van der Waals surface area contributed by atoms with Gasteiger partial charge in [-0.05, 0) is 25.5 Å². The van der Waals surface area contributed by atoms with Crippen molar-refractivity contribution in [3.05, 3.63) is 30.1 Å². The molecule has 0 aliphatic carbocycles. The molecule has 1 aliphatic rings. The van der Waals surface area contributed by atoms with E-state index in [1.807, 2.05) is 13.0 Å².